The van der Waals surface area contributed by atoms with E-state index in [0.29, 0.717) is 16.5 Å². The fraction of sp³-hybridized carbons (Fsp3) is 0.524. The second kappa shape index (κ2) is 6.74. The Bertz CT molecular complexity index is 923. The molecule has 152 valence electrons. The molecule has 8 nitrogen and oxygen atoms in total. The topological polar surface area (TPSA) is 98.8 Å². The number of nitrogens with zero attached hydrogens (tertiary/aromatic N) is 2. The predicted molar refractivity (Wildman–Crippen MR) is 103 cm³/mol. The van der Waals surface area contributed by atoms with E-state index >= 15 is 0 Å². The minimum Gasteiger partial charge on any atom is -0.315 e. The summed E-state index contributed by atoms with van der Waals surface area (Å²) in [4.78, 5) is 52.8. The quantitative estimate of drug-likeness (QED) is 0.712. The number of carbonyl (C=O) groups is 4. The molecule has 3 heterocycles. The summed E-state index contributed by atoms with van der Waals surface area (Å²) in [6, 6.07) is 4.46. The number of piperidine rings is 1. The first-order valence-corrected chi connectivity index (χ1v) is 10.2. The molecule has 1 atom stereocenters. The lowest BCUT2D eigenvalue weighted by molar-refractivity contribution is -0.136. The van der Waals surface area contributed by atoms with Crippen molar-refractivity contribution < 1.29 is 19.2 Å². The van der Waals surface area contributed by atoms with E-state index in [4.69, 9.17) is 0 Å². The van der Waals surface area contributed by atoms with Crippen molar-refractivity contribution in [3.05, 3.63) is 34.9 Å². The predicted octanol–water partition coefficient (Wildman–Crippen LogP) is 0.273. The second-order valence-corrected chi connectivity index (χ2v) is 8.71. The van der Waals surface area contributed by atoms with Crippen molar-refractivity contribution in [3.8, 4) is 0 Å². The van der Waals surface area contributed by atoms with Crippen LogP contribution in [0.5, 0.6) is 0 Å². The van der Waals surface area contributed by atoms with Crippen LogP contribution < -0.4 is 10.6 Å². The largest absolute Gasteiger partial charge is 0.315 e. The number of imide groups is 2. The van der Waals surface area contributed by atoms with E-state index in [0.717, 1.165) is 43.2 Å². The summed E-state index contributed by atoms with van der Waals surface area (Å²) in [7, 11) is 0. The van der Waals surface area contributed by atoms with Crippen molar-refractivity contribution in [2.75, 3.05) is 26.2 Å². The van der Waals surface area contributed by atoms with E-state index in [2.05, 4.69) is 15.5 Å². The maximum Gasteiger partial charge on any atom is 0.262 e. The number of hydrogen-bond acceptors (Lipinski definition) is 6. The molecule has 1 aliphatic carbocycles. The Labute approximate surface area is 168 Å². The standard InChI is InChI=1S/C21H24N4O4/c26-17-4-3-16(18(27)23-17)25-19(28)14-2-1-13(9-15(14)20(25)29)10-24-8-7-22-11-21(12-24)5-6-21/h1-2,9,16,22H,3-8,10-12H2,(H,23,26,27). The van der Waals surface area contributed by atoms with Crippen molar-refractivity contribution in [3.63, 3.8) is 0 Å². The van der Waals surface area contributed by atoms with Gasteiger partial charge in [0.05, 0.1) is 11.1 Å². The molecule has 4 aliphatic rings. The average Bonchev–Trinajstić information content (AvgIpc) is 3.44. The molecule has 29 heavy (non-hydrogen) atoms. The third-order valence-electron chi connectivity index (χ3n) is 6.53. The van der Waals surface area contributed by atoms with Gasteiger partial charge in [-0.3, -0.25) is 34.3 Å². The summed E-state index contributed by atoms with van der Waals surface area (Å²) in [6.45, 7) is 4.76. The van der Waals surface area contributed by atoms with Gasteiger partial charge >= 0.3 is 0 Å². The Morgan fingerprint density at radius 3 is 2.62 bits per heavy atom. The molecule has 1 saturated carbocycles. The summed E-state index contributed by atoms with van der Waals surface area (Å²) in [5.74, 6) is -1.85. The van der Waals surface area contributed by atoms with Gasteiger partial charge in [-0.15, -0.1) is 0 Å². The van der Waals surface area contributed by atoms with Gasteiger partial charge < -0.3 is 5.32 Å². The summed E-state index contributed by atoms with van der Waals surface area (Å²) in [5.41, 5.74) is 2.08. The van der Waals surface area contributed by atoms with Crippen molar-refractivity contribution in [1.82, 2.24) is 20.4 Å². The molecule has 1 unspecified atom stereocenters. The summed E-state index contributed by atoms with van der Waals surface area (Å²) in [6.07, 6.45) is 2.81. The van der Waals surface area contributed by atoms with E-state index in [9.17, 15) is 19.2 Å². The highest BCUT2D eigenvalue weighted by atomic mass is 16.2. The third kappa shape index (κ3) is 3.26. The van der Waals surface area contributed by atoms with Crippen LogP contribution in [0.4, 0.5) is 0 Å². The first-order chi connectivity index (χ1) is 14.0. The lowest BCUT2D eigenvalue weighted by atomic mass is 10.0. The average molecular weight is 396 g/mol. The maximum atomic E-state index is 13.0. The molecular weight excluding hydrogens is 372 g/mol. The molecule has 5 rings (SSSR count). The van der Waals surface area contributed by atoms with E-state index in [1.54, 1.807) is 12.1 Å². The number of amides is 4. The van der Waals surface area contributed by atoms with Crippen LogP contribution in [0.25, 0.3) is 0 Å². The molecule has 1 aromatic carbocycles. The van der Waals surface area contributed by atoms with Crippen LogP contribution in [0.15, 0.2) is 18.2 Å². The molecule has 0 radical (unpaired) electrons. The van der Waals surface area contributed by atoms with Crippen molar-refractivity contribution in [2.45, 2.75) is 38.3 Å². The second-order valence-electron chi connectivity index (χ2n) is 8.71. The highest BCUT2D eigenvalue weighted by molar-refractivity contribution is 6.23. The number of hydrogen-bond donors (Lipinski definition) is 2. The van der Waals surface area contributed by atoms with E-state index in [1.165, 1.54) is 12.8 Å². The first-order valence-electron chi connectivity index (χ1n) is 10.2. The molecule has 3 fully saturated rings. The van der Waals surface area contributed by atoms with Gasteiger partial charge in [-0.25, -0.2) is 0 Å². The highest BCUT2D eigenvalue weighted by Gasteiger charge is 2.46. The van der Waals surface area contributed by atoms with Crippen LogP contribution in [-0.4, -0.2) is 65.6 Å². The maximum absolute atomic E-state index is 13.0. The van der Waals surface area contributed by atoms with E-state index < -0.39 is 23.8 Å². The van der Waals surface area contributed by atoms with Gasteiger partial charge in [-0.1, -0.05) is 6.07 Å². The summed E-state index contributed by atoms with van der Waals surface area (Å²) in [5, 5.41) is 5.73. The summed E-state index contributed by atoms with van der Waals surface area (Å²) < 4.78 is 0. The normalized spacial score (nSPS) is 26.5. The van der Waals surface area contributed by atoms with Crippen LogP contribution in [0.3, 0.4) is 0 Å². The lowest BCUT2D eigenvalue weighted by Gasteiger charge is -2.27. The number of benzene rings is 1. The SMILES string of the molecule is O=C1CCC(N2C(=O)c3ccc(CN4CCNCC5(CC5)C4)cc3C2=O)C(=O)N1. The molecular formula is C21H24N4O4. The third-order valence-corrected chi connectivity index (χ3v) is 6.53. The number of rotatable bonds is 3. The smallest absolute Gasteiger partial charge is 0.262 e. The van der Waals surface area contributed by atoms with Gasteiger partial charge in [0, 0.05) is 39.1 Å². The minimum atomic E-state index is -0.921. The molecule has 0 bridgehead atoms. The monoisotopic (exact) mass is 396 g/mol. The Kier molecular flexibility index (Phi) is 4.29. The van der Waals surface area contributed by atoms with Gasteiger partial charge in [-0.05, 0) is 42.4 Å². The van der Waals surface area contributed by atoms with Gasteiger partial charge in [0.2, 0.25) is 11.8 Å². The molecule has 2 N–H and O–H groups in total. The van der Waals surface area contributed by atoms with Gasteiger partial charge in [-0.2, -0.15) is 0 Å². The lowest BCUT2D eigenvalue weighted by Crippen LogP contribution is -2.54. The number of nitrogens with one attached hydrogen (secondary N) is 2. The van der Waals surface area contributed by atoms with Crippen molar-refractivity contribution >= 4 is 23.6 Å². The van der Waals surface area contributed by atoms with Gasteiger partial charge in [0.1, 0.15) is 6.04 Å². The van der Waals surface area contributed by atoms with Crippen LogP contribution in [0.2, 0.25) is 0 Å². The fourth-order valence-electron chi connectivity index (χ4n) is 4.72. The molecule has 3 aliphatic heterocycles. The van der Waals surface area contributed by atoms with Gasteiger partial charge in [0.15, 0.2) is 0 Å². The number of carbonyl (C=O) groups excluding carboxylic acids is 4. The van der Waals surface area contributed by atoms with E-state index in [1.807, 2.05) is 6.07 Å². The molecule has 2 saturated heterocycles. The van der Waals surface area contributed by atoms with Crippen LogP contribution in [-0.2, 0) is 16.1 Å². The van der Waals surface area contributed by atoms with Crippen LogP contribution in [0, 0.1) is 5.41 Å². The highest BCUT2D eigenvalue weighted by Crippen LogP contribution is 2.46. The zero-order chi connectivity index (χ0) is 20.2. The molecule has 1 aromatic rings. The summed E-state index contributed by atoms with van der Waals surface area (Å²) >= 11 is 0. The Morgan fingerprint density at radius 1 is 1.07 bits per heavy atom. The number of fused-ring (bicyclic) bond motifs is 1. The van der Waals surface area contributed by atoms with Crippen molar-refractivity contribution in [2.24, 2.45) is 5.41 Å². The Hall–Kier alpha value is -2.58. The van der Waals surface area contributed by atoms with Crippen LogP contribution >= 0.6 is 0 Å². The van der Waals surface area contributed by atoms with E-state index in [-0.39, 0.29) is 18.7 Å². The fourth-order valence-corrected chi connectivity index (χ4v) is 4.72. The van der Waals surface area contributed by atoms with Crippen molar-refractivity contribution in [1.29, 1.82) is 0 Å². The molecule has 1 spiro atoms. The van der Waals surface area contributed by atoms with Gasteiger partial charge in [0.25, 0.3) is 11.8 Å². The minimum absolute atomic E-state index is 0.125. The molecule has 0 aromatic heterocycles. The van der Waals surface area contributed by atoms with Crippen LogP contribution in [0.1, 0.15) is 52.0 Å². The molecule has 8 heteroatoms. The zero-order valence-electron chi connectivity index (χ0n) is 16.2. The zero-order valence-corrected chi connectivity index (χ0v) is 16.2. The Balaban J connectivity index is 1.35. The Morgan fingerprint density at radius 2 is 1.86 bits per heavy atom. The molecule has 4 amide bonds. The first kappa shape index (κ1) is 18.4.